The number of rotatable bonds is 5. The molecule has 0 heterocycles. The fourth-order valence-corrected chi connectivity index (χ4v) is 3.45. The van der Waals surface area contributed by atoms with Crippen molar-refractivity contribution in [1.82, 2.24) is 5.32 Å². The molecule has 2 N–H and O–H groups in total. The zero-order valence-corrected chi connectivity index (χ0v) is 15.5. The molecule has 0 saturated carbocycles. The fraction of sp³-hybridized carbons (Fsp3) is 0.176. The van der Waals surface area contributed by atoms with Gasteiger partial charge in [-0.1, -0.05) is 25.1 Å². The summed E-state index contributed by atoms with van der Waals surface area (Å²) < 4.78 is 26.6. The molecule has 6 nitrogen and oxygen atoms in total. The molecule has 0 unspecified atom stereocenters. The number of thiocarbonyl (C=S) groups is 1. The Balaban J connectivity index is 2.13. The monoisotopic (exact) mass is 377 g/mol. The molecule has 2 aromatic rings. The number of hydrogen-bond donors (Lipinski definition) is 2. The molecule has 0 spiro atoms. The SMILES string of the molecule is CCC(=O)NC(=S)Nc1ccc(S(=O)(=O)N(C)c2ccccc2)cc1. The Morgan fingerprint density at radius 1 is 1.08 bits per heavy atom. The molecule has 132 valence electrons. The van der Waals surface area contributed by atoms with Crippen molar-refractivity contribution in [3.63, 3.8) is 0 Å². The number of para-hydroxylation sites is 1. The predicted molar refractivity (Wildman–Crippen MR) is 103 cm³/mol. The van der Waals surface area contributed by atoms with Gasteiger partial charge >= 0.3 is 0 Å². The van der Waals surface area contributed by atoms with E-state index < -0.39 is 10.0 Å². The molecule has 0 bridgehead atoms. The minimum absolute atomic E-state index is 0.160. The van der Waals surface area contributed by atoms with Crippen molar-refractivity contribution in [2.24, 2.45) is 0 Å². The summed E-state index contributed by atoms with van der Waals surface area (Å²) in [6.07, 6.45) is 0.324. The number of sulfonamides is 1. The predicted octanol–water partition coefficient (Wildman–Crippen LogP) is 2.73. The Hall–Kier alpha value is -2.45. The molecule has 0 radical (unpaired) electrons. The number of carbonyl (C=O) groups excluding carboxylic acids is 1. The van der Waals surface area contributed by atoms with Gasteiger partial charge < -0.3 is 10.6 Å². The summed E-state index contributed by atoms with van der Waals surface area (Å²) in [7, 11) is -2.15. The molecule has 0 aliphatic heterocycles. The highest BCUT2D eigenvalue weighted by Gasteiger charge is 2.21. The summed E-state index contributed by atoms with van der Waals surface area (Å²) in [5.41, 5.74) is 1.16. The first-order valence-electron chi connectivity index (χ1n) is 7.59. The number of benzene rings is 2. The second-order valence-corrected chi connectivity index (χ2v) is 7.57. The van der Waals surface area contributed by atoms with Crippen LogP contribution < -0.4 is 14.9 Å². The smallest absolute Gasteiger partial charge is 0.264 e. The van der Waals surface area contributed by atoms with Gasteiger partial charge in [0.2, 0.25) is 5.91 Å². The molecule has 0 aliphatic rings. The van der Waals surface area contributed by atoms with Crippen LogP contribution in [0.1, 0.15) is 13.3 Å². The van der Waals surface area contributed by atoms with Gasteiger partial charge in [-0.25, -0.2) is 8.42 Å². The lowest BCUT2D eigenvalue weighted by atomic mass is 10.3. The lowest BCUT2D eigenvalue weighted by Crippen LogP contribution is -2.33. The van der Waals surface area contributed by atoms with Gasteiger partial charge in [0, 0.05) is 19.2 Å². The zero-order chi connectivity index (χ0) is 18.4. The average molecular weight is 377 g/mol. The van der Waals surface area contributed by atoms with Crippen LogP contribution >= 0.6 is 12.2 Å². The third kappa shape index (κ3) is 4.77. The van der Waals surface area contributed by atoms with E-state index >= 15 is 0 Å². The second kappa shape index (κ2) is 8.09. The van der Waals surface area contributed by atoms with Gasteiger partial charge in [-0.05, 0) is 48.6 Å². The Bertz CT molecular complexity index is 850. The van der Waals surface area contributed by atoms with Gasteiger partial charge in [0.15, 0.2) is 5.11 Å². The molecule has 25 heavy (non-hydrogen) atoms. The topological polar surface area (TPSA) is 78.5 Å². The number of anilines is 2. The van der Waals surface area contributed by atoms with Crippen LogP contribution in [0.15, 0.2) is 59.5 Å². The van der Waals surface area contributed by atoms with Gasteiger partial charge in [-0.3, -0.25) is 9.10 Å². The van der Waals surface area contributed by atoms with Gasteiger partial charge in [0.1, 0.15) is 0 Å². The van der Waals surface area contributed by atoms with Crippen LogP contribution in [0.5, 0.6) is 0 Å². The van der Waals surface area contributed by atoms with Crippen LogP contribution in [0.25, 0.3) is 0 Å². The van der Waals surface area contributed by atoms with E-state index in [-0.39, 0.29) is 15.9 Å². The van der Waals surface area contributed by atoms with E-state index in [4.69, 9.17) is 12.2 Å². The first-order chi connectivity index (χ1) is 11.8. The minimum atomic E-state index is -3.66. The maximum Gasteiger partial charge on any atom is 0.264 e. The molecule has 1 amide bonds. The van der Waals surface area contributed by atoms with Gasteiger partial charge in [-0.15, -0.1) is 0 Å². The Kier molecular flexibility index (Phi) is 6.11. The molecule has 0 fully saturated rings. The molecular weight excluding hydrogens is 358 g/mol. The number of carbonyl (C=O) groups is 1. The van der Waals surface area contributed by atoms with E-state index in [2.05, 4.69) is 10.6 Å². The first kappa shape index (κ1) is 18.9. The second-order valence-electron chi connectivity index (χ2n) is 5.19. The minimum Gasteiger partial charge on any atom is -0.332 e. The third-order valence-corrected chi connectivity index (χ3v) is 5.47. The largest absolute Gasteiger partial charge is 0.332 e. The Morgan fingerprint density at radius 3 is 2.24 bits per heavy atom. The van der Waals surface area contributed by atoms with Crippen molar-refractivity contribution in [1.29, 1.82) is 0 Å². The third-order valence-electron chi connectivity index (χ3n) is 3.46. The zero-order valence-electron chi connectivity index (χ0n) is 13.9. The van der Waals surface area contributed by atoms with Crippen molar-refractivity contribution in [2.45, 2.75) is 18.2 Å². The molecule has 2 aromatic carbocycles. The lowest BCUT2D eigenvalue weighted by Gasteiger charge is -2.19. The quantitative estimate of drug-likeness (QED) is 0.784. The Morgan fingerprint density at radius 2 is 1.68 bits per heavy atom. The van der Waals surface area contributed by atoms with Crippen LogP contribution in [0.3, 0.4) is 0 Å². The van der Waals surface area contributed by atoms with E-state index in [1.54, 1.807) is 43.3 Å². The first-order valence-corrected chi connectivity index (χ1v) is 9.44. The molecule has 0 saturated heterocycles. The van der Waals surface area contributed by atoms with Crippen LogP contribution in [0.4, 0.5) is 11.4 Å². The highest BCUT2D eigenvalue weighted by Crippen LogP contribution is 2.22. The number of nitrogens with one attached hydrogen (secondary N) is 2. The van der Waals surface area contributed by atoms with Crippen LogP contribution in [0.2, 0.25) is 0 Å². The summed E-state index contributed by atoms with van der Waals surface area (Å²) in [5, 5.41) is 5.53. The van der Waals surface area contributed by atoms with E-state index in [0.717, 1.165) is 0 Å². The van der Waals surface area contributed by atoms with E-state index in [1.165, 1.54) is 23.5 Å². The molecular formula is C17H19N3O3S2. The summed E-state index contributed by atoms with van der Waals surface area (Å²) in [4.78, 5) is 11.4. The Labute approximate surface area is 152 Å². The van der Waals surface area contributed by atoms with Crippen molar-refractivity contribution >= 4 is 44.6 Å². The van der Waals surface area contributed by atoms with Crippen molar-refractivity contribution in [3.8, 4) is 0 Å². The molecule has 8 heteroatoms. The number of hydrogen-bond acceptors (Lipinski definition) is 4. The summed E-state index contributed by atoms with van der Waals surface area (Å²) in [6, 6.07) is 15.0. The van der Waals surface area contributed by atoms with Crippen molar-refractivity contribution in [2.75, 3.05) is 16.7 Å². The molecule has 0 aliphatic carbocycles. The van der Waals surface area contributed by atoms with Crippen molar-refractivity contribution < 1.29 is 13.2 Å². The van der Waals surface area contributed by atoms with Crippen LogP contribution in [-0.4, -0.2) is 26.5 Å². The average Bonchev–Trinajstić information content (AvgIpc) is 2.62. The highest BCUT2D eigenvalue weighted by molar-refractivity contribution is 7.92. The highest BCUT2D eigenvalue weighted by atomic mass is 32.2. The van der Waals surface area contributed by atoms with Gasteiger partial charge in [-0.2, -0.15) is 0 Å². The summed E-state index contributed by atoms with van der Waals surface area (Å²) in [6.45, 7) is 1.72. The maximum atomic E-state index is 12.7. The van der Waals surface area contributed by atoms with Crippen molar-refractivity contribution in [3.05, 3.63) is 54.6 Å². The van der Waals surface area contributed by atoms with Gasteiger partial charge in [0.05, 0.1) is 10.6 Å². The van der Waals surface area contributed by atoms with Crippen LogP contribution in [0, 0.1) is 0 Å². The molecule has 0 aromatic heterocycles. The lowest BCUT2D eigenvalue weighted by molar-refractivity contribution is -0.119. The van der Waals surface area contributed by atoms with Gasteiger partial charge in [0.25, 0.3) is 10.0 Å². The molecule has 0 atom stereocenters. The maximum absolute atomic E-state index is 12.7. The van der Waals surface area contributed by atoms with E-state index in [1.807, 2.05) is 6.07 Å². The van der Waals surface area contributed by atoms with Crippen LogP contribution in [-0.2, 0) is 14.8 Å². The number of nitrogens with zero attached hydrogens (tertiary/aromatic N) is 1. The summed E-state index contributed by atoms with van der Waals surface area (Å²) in [5.74, 6) is -0.193. The van der Waals surface area contributed by atoms with E-state index in [9.17, 15) is 13.2 Å². The number of amides is 1. The fourth-order valence-electron chi connectivity index (χ4n) is 2.02. The van der Waals surface area contributed by atoms with E-state index in [0.29, 0.717) is 17.8 Å². The standard InChI is InChI=1S/C17H19N3O3S2/c1-3-16(21)19-17(24)18-13-9-11-15(12-10-13)25(22,23)20(2)14-7-5-4-6-8-14/h4-12H,3H2,1-2H3,(H2,18,19,21,24). The summed E-state index contributed by atoms with van der Waals surface area (Å²) >= 11 is 5.02. The molecule has 2 rings (SSSR count). The normalized spacial score (nSPS) is 10.8.